The van der Waals surface area contributed by atoms with E-state index in [4.69, 9.17) is 5.73 Å². The fourth-order valence-electron chi connectivity index (χ4n) is 0.898. The predicted octanol–water partition coefficient (Wildman–Crippen LogP) is -0.140. The van der Waals surface area contributed by atoms with Gasteiger partial charge in [-0.3, -0.25) is 9.59 Å². The Morgan fingerprint density at radius 1 is 1.19 bits per heavy atom. The SMILES string of the molecule is CC(C)C(=O)NCCNC(=O)C(C)(C)CN. The molecule has 0 aliphatic heterocycles. The van der Waals surface area contributed by atoms with Gasteiger partial charge in [0.25, 0.3) is 0 Å². The first-order valence-corrected chi connectivity index (χ1v) is 5.57. The highest BCUT2D eigenvalue weighted by Gasteiger charge is 2.24. The number of amides is 2. The van der Waals surface area contributed by atoms with Crippen LogP contribution >= 0.6 is 0 Å². The molecule has 5 heteroatoms. The summed E-state index contributed by atoms with van der Waals surface area (Å²) < 4.78 is 0. The van der Waals surface area contributed by atoms with E-state index in [0.29, 0.717) is 19.6 Å². The molecule has 0 atom stereocenters. The number of hydrogen-bond donors (Lipinski definition) is 3. The molecule has 16 heavy (non-hydrogen) atoms. The van der Waals surface area contributed by atoms with Gasteiger partial charge in [-0.15, -0.1) is 0 Å². The molecular weight excluding hydrogens is 206 g/mol. The van der Waals surface area contributed by atoms with Crippen molar-refractivity contribution in [3.63, 3.8) is 0 Å². The lowest BCUT2D eigenvalue weighted by molar-refractivity contribution is -0.129. The Morgan fingerprint density at radius 3 is 2.12 bits per heavy atom. The van der Waals surface area contributed by atoms with Crippen molar-refractivity contribution in [2.75, 3.05) is 19.6 Å². The van der Waals surface area contributed by atoms with Crippen LogP contribution in [0.4, 0.5) is 0 Å². The molecule has 0 fully saturated rings. The summed E-state index contributed by atoms with van der Waals surface area (Å²) in [6.07, 6.45) is 0. The zero-order valence-electron chi connectivity index (χ0n) is 10.6. The van der Waals surface area contributed by atoms with Gasteiger partial charge in [-0.25, -0.2) is 0 Å². The first kappa shape index (κ1) is 14.9. The molecule has 0 bridgehead atoms. The van der Waals surface area contributed by atoms with E-state index in [-0.39, 0.29) is 17.7 Å². The first-order valence-electron chi connectivity index (χ1n) is 5.57. The molecule has 0 saturated carbocycles. The molecule has 0 unspecified atom stereocenters. The summed E-state index contributed by atoms with van der Waals surface area (Å²) in [4.78, 5) is 22.8. The fraction of sp³-hybridized carbons (Fsp3) is 0.818. The number of carbonyl (C=O) groups excluding carboxylic acids is 2. The molecule has 0 aliphatic rings. The molecule has 4 N–H and O–H groups in total. The lowest BCUT2D eigenvalue weighted by Crippen LogP contribution is -2.44. The highest BCUT2D eigenvalue weighted by atomic mass is 16.2. The quantitative estimate of drug-likeness (QED) is 0.554. The monoisotopic (exact) mass is 229 g/mol. The summed E-state index contributed by atoms with van der Waals surface area (Å²) in [6, 6.07) is 0. The van der Waals surface area contributed by atoms with Gasteiger partial charge in [0.2, 0.25) is 11.8 Å². The third kappa shape index (κ3) is 5.11. The van der Waals surface area contributed by atoms with Crippen LogP contribution in [0, 0.1) is 11.3 Å². The minimum absolute atomic E-state index is 0.00710. The Balaban J connectivity index is 3.76. The predicted molar refractivity (Wildman–Crippen MR) is 63.7 cm³/mol. The highest BCUT2D eigenvalue weighted by molar-refractivity contribution is 5.82. The van der Waals surface area contributed by atoms with E-state index in [0.717, 1.165) is 0 Å². The highest BCUT2D eigenvalue weighted by Crippen LogP contribution is 2.11. The Kier molecular flexibility index (Phi) is 6.03. The summed E-state index contributed by atoms with van der Waals surface area (Å²) in [5, 5.41) is 5.46. The molecule has 0 spiro atoms. The van der Waals surface area contributed by atoms with Crippen molar-refractivity contribution in [3.8, 4) is 0 Å². The van der Waals surface area contributed by atoms with Crippen LogP contribution in [0.25, 0.3) is 0 Å². The largest absolute Gasteiger partial charge is 0.354 e. The zero-order valence-corrected chi connectivity index (χ0v) is 10.6. The van der Waals surface area contributed by atoms with Crippen molar-refractivity contribution >= 4 is 11.8 Å². The minimum Gasteiger partial charge on any atom is -0.354 e. The van der Waals surface area contributed by atoms with Crippen LogP contribution in [0.1, 0.15) is 27.7 Å². The van der Waals surface area contributed by atoms with Gasteiger partial charge in [0, 0.05) is 25.6 Å². The second-order valence-corrected chi connectivity index (χ2v) is 4.79. The molecule has 94 valence electrons. The second-order valence-electron chi connectivity index (χ2n) is 4.79. The third-order valence-corrected chi connectivity index (χ3v) is 2.36. The van der Waals surface area contributed by atoms with Crippen molar-refractivity contribution in [1.82, 2.24) is 10.6 Å². The number of rotatable bonds is 6. The molecule has 0 radical (unpaired) electrons. The van der Waals surface area contributed by atoms with Gasteiger partial charge in [-0.05, 0) is 13.8 Å². The van der Waals surface area contributed by atoms with Gasteiger partial charge < -0.3 is 16.4 Å². The van der Waals surface area contributed by atoms with Gasteiger partial charge >= 0.3 is 0 Å². The van der Waals surface area contributed by atoms with E-state index < -0.39 is 5.41 Å². The Morgan fingerprint density at radius 2 is 1.69 bits per heavy atom. The average Bonchev–Trinajstić information content (AvgIpc) is 2.23. The molecule has 0 aliphatic carbocycles. The van der Waals surface area contributed by atoms with E-state index >= 15 is 0 Å². The van der Waals surface area contributed by atoms with Crippen molar-refractivity contribution < 1.29 is 9.59 Å². The van der Waals surface area contributed by atoms with Crippen molar-refractivity contribution in [1.29, 1.82) is 0 Å². The van der Waals surface area contributed by atoms with Gasteiger partial charge in [-0.1, -0.05) is 13.8 Å². The minimum atomic E-state index is -0.554. The van der Waals surface area contributed by atoms with E-state index in [1.165, 1.54) is 0 Å². The molecule has 0 saturated heterocycles. The summed E-state index contributed by atoms with van der Waals surface area (Å²) in [5.74, 6) is -0.127. The van der Waals surface area contributed by atoms with Crippen LogP contribution in [0.15, 0.2) is 0 Å². The van der Waals surface area contributed by atoms with Gasteiger partial charge in [0.1, 0.15) is 0 Å². The van der Waals surface area contributed by atoms with Crippen LogP contribution in [-0.2, 0) is 9.59 Å². The maximum atomic E-state index is 11.6. The van der Waals surface area contributed by atoms with Crippen molar-refractivity contribution in [2.45, 2.75) is 27.7 Å². The van der Waals surface area contributed by atoms with E-state index in [9.17, 15) is 9.59 Å². The molecule has 2 amide bonds. The Labute approximate surface area is 97.2 Å². The number of nitrogens with one attached hydrogen (secondary N) is 2. The molecule has 0 rings (SSSR count). The molecule has 0 aromatic heterocycles. The summed E-state index contributed by atoms with van der Waals surface area (Å²) in [6.45, 7) is 8.41. The lowest BCUT2D eigenvalue weighted by Gasteiger charge is -2.21. The fourth-order valence-corrected chi connectivity index (χ4v) is 0.898. The topological polar surface area (TPSA) is 84.2 Å². The molecule has 0 heterocycles. The van der Waals surface area contributed by atoms with Crippen LogP contribution in [0.3, 0.4) is 0 Å². The lowest BCUT2D eigenvalue weighted by atomic mass is 9.93. The van der Waals surface area contributed by atoms with Crippen LogP contribution < -0.4 is 16.4 Å². The van der Waals surface area contributed by atoms with Gasteiger partial charge in [0.15, 0.2) is 0 Å². The first-order chi connectivity index (χ1) is 7.31. The van der Waals surface area contributed by atoms with Crippen LogP contribution in [0.5, 0.6) is 0 Å². The molecule has 0 aromatic carbocycles. The summed E-state index contributed by atoms with van der Waals surface area (Å²) in [5.41, 5.74) is 4.92. The Hall–Kier alpha value is -1.10. The van der Waals surface area contributed by atoms with Crippen molar-refractivity contribution in [2.24, 2.45) is 17.1 Å². The normalized spacial score (nSPS) is 11.4. The molecule has 5 nitrogen and oxygen atoms in total. The van der Waals surface area contributed by atoms with Crippen LogP contribution in [-0.4, -0.2) is 31.4 Å². The van der Waals surface area contributed by atoms with Crippen molar-refractivity contribution in [3.05, 3.63) is 0 Å². The zero-order chi connectivity index (χ0) is 12.8. The maximum Gasteiger partial charge on any atom is 0.226 e. The standard InChI is InChI=1S/C11H23N3O2/c1-8(2)9(15)13-5-6-14-10(16)11(3,4)7-12/h8H,5-7,12H2,1-4H3,(H,13,15)(H,14,16). The third-order valence-electron chi connectivity index (χ3n) is 2.36. The van der Waals surface area contributed by atoms with Gasteiger partial charge in [0.05, 0.1) is 5.41 Å². The maximum absolute atomic E-state index is 11.6. The number of hydrogen-bond acceptors (Lipinski definition) is 3. The van der Waals surface area contributed by atoms with E-state index in [1.54, 1.807) is 13.8 Å². The number of nitrogens with two attached hydrogens (primary N) is 1. The van der Waals surface area contributed by atoms with E-state index in [1.807, 2.05) is 13.8 Å². The number of carbonyl (C=O) groups is 2. The second kappa shape index (κ2) is 6.48. The Bertz CT molecular complexity index is 250. The molecule has 0 aromatic rings. The smallest absolute Gasteiger partial charge is 0.226 e. The average molecular weight is 229 g/mol. The van der Waals surface area contributed by atoms with Gasteiger partial charge in [-0.2, -0.15) is 0 Å². The molecular formula is C11H23N3O2. The summed E-state index contributed by atoms with van der Waals surface area (Å²) >= 11 is 0. The summed E-state index contributed by atoms with van der Waals surface area (Å²) in [7, 11) is 0. The van der Waals surface area contributed by atoms with E-state index in [2.05, 4.69) is 10.6 Å². The van der Waals surface area contributed by atoms with Crippen LogP contribution in [0.2, 0.25) is 0 Å².